The van der Waals surface area contributed by atoms with Crippen LogP contribution >= 0.6 is 0 Å². The first-order chi connectivity index (χ1) is 18.1. The predicted molar refractivity (Wildman–Crippen MR) is 140 cm³/mol. The van der Waals surface area contributed by atoms with Crippen LogP contribution in [-0.4, -0.2) is 63.1 Å². The molecule has 2 aliphatic rings. The topological polar surface area (TPSA) is 145 Å². The predicted octanol–water partition coefficient (Wildman–Crippen LogP) is 2.92. The molecule has 11 nitrogen and oxygen atoms in total. The molecular formula is C26H30N8O3. The lowest BCUT2D eigenvalue weighted by Crippen LogP contribution is -2.43. The van der Waals surface area contributed by atoms with Crippen LogP contribution in [0.2, 0.25) is 0 Å². The van der Waals surface area contributed by atoms with Crippen LogP contribution in [-0.2, 0) is 9.59 Å². The lowest BCUT2D eigenvalue weighted by atomic mass is 9.78. The number of anilines is 4. The monoisotopic (exact) mass is 502 g/mol. The van der Waals surface area contributed by atoms with E-state index < -0.39 is 17.8 Å². The summed E-state index contributed by atoms with van der Waals surface area (Å²) in [5.41, 5.74) is 2.01. The second-order valence-corrected chi connectivity index (χ2v) is 9.31. The van der Waals surface area contributed by atoms with E-state index in [1.165, 1.54) is 0 Å². The molecule has 0 radical (unpaired) electrons. The zero-order valence-corrected chi connectivity index (χ0v) is 20.4. The van der Waals surface area contributed by atoms with Crippen LogP contribution in [0.3, 0.4) is 0 Å². The standard InChI is InChI=1S/C26H30N8O3/c35-25(19-3-1-2-4-20(19)26(36)37)31-18-14-21(32-22(15-18)33-23-16-28-7-8-29-23)17-5-6-30-24(13-17)34-11-9-27-10-12-34/h5-8,13-16,19-20,27H,1-4,9-12H2,(H,36,37)(H2,29,31,32,33,35). The van der Waals surface area contributed by atoms with Gasteiger partial charge in [-0.1, -0.05) is 12.8 Å². The fourth-order valence-corrected chi connectivity index (χ4v) is 4.93. The van der Waals surface area contributed by atoms with Gasteiger partial charge in [-0.25, -0.2) is 15.0 Å². The van der Waals surface area contributed by atoms with E-state index in [1.807, 2.05) is 12.1 Å². The molecule has 2 fully saturated rings. The van der Waals surface area contributed by atoms with Crippen molar-refractivity contribution >= 4 is 35.0 Å². The SMILES string of the molecule is O=C(O)C1CCCCC1C(=O)Nc1cc(Nc2cnccn2)nc(-c2ccnc(N3CCNCC3)c2)c1. The molecule has 0 aromatic carbocycles. The lowest BCUT2D eigenvalue weighted by Gasteiger charge is -2.28. The van der Waals surface area contributed by atoms with Crippen LogP contribution in [0, 0.1) is 11.8 Å². The largest absolute Gasteiger partial charge is 0.481 e. The van der Waals surface area contributed by atoms with Crippen molar-refractivity contribution in [1.82, 2.24) is 25.3 Å². The van der Waals surface area contributed by atoms with Crippen molar-refractivity contribution in [3.8, 4) is 11.3 Å². The maximum Gasteiger partial charge on any atom is 0.307 e. The lowest BCUT2D eigenvalue weighted by molar-refractivity contribution is -0.147. The highest BCUT2D eigenvalue weighted by Crippen LogP contribution is 2.32. The molecule has 3 aromatic heterocycles. The molecule has 37 heavy (non-hydrogen) atoms. The summed E-state index contributed by atoms with van der Waals surface area (Å²) in [6.45, 7) is 3.53. The number of carbonyl (C=O) groups is 2. The third-order valence-electron chi connectivity index (χ3n) is 6.81. The smallest absolute Gasteiger partial charge is 0.307 e. The van der Waals surface area contributed by atoms with Gasteiger partial charge in [-0.2, -0.15) is 0 Å². The normalized spacial score (nSPS) is 19.7. The molecule has 1 aliphatic heterocycles. The highest BCUT2D eigenvalue weighted by atomic mass is 16.4. The third kappa shape index (κ3) is 6.00. The maximum absolute atomic E-state index is 13.2. The zero-order valence-electron chi connectivity index (χ0n) is 20.4. The van der Waals surface area contributed by atoms with Gasteiger partial charge in [-0.3, -0.25) is 14.6 Å². The number of nitrogens with one attached hydrogen (secondary N) is 3. The van der Waals surface area contributed by atoms with E-state index in [-0.39, 0.29) is 5.91 Å². The Balaban J connectivity index is 1.46. The Morgan fingerprint density at radius 2 is 1.78 bits per heavy atom. The number of pyridine rings is 2. The van der Waals surface area contributed by atoms with Gasteiger partial charge >= 0.3 is 5.97 Å². The molecule has 3 aromatic rings. The Morgan fingerprint density at radius 1 is 0.973 bits per heavy atom. The van der Waals surface area contributed by atoms with E-state index in [1.54, 1.807) is 36.9 Å². The Bertz CT molecular complexity index is 1250. The average Bonchev–Trinajstić information content (AvgIpc) is 2.94. The molecule has 1 saturated carbocycles. The van der Waals surface area contributed by atoms with Crippen LogP contribution in [0.5, 0.6) is 0 Å². The molecule has 192 valence electrons. The van der Waals surface area contributed by atoms with Crippen molar-refractivity contribution in [1.29, 1.82) is 0 Å². The molecule has 1 amide bonds. The highest BCUT2D eigenvalue weighted by molar-refractivity contribution is 5.96. The van der Waals surface area contributed by atoms with E-state index in [2.05, 4.69) is 35.8 Å². The minimum atomic E-state index is -0.919. The highest BCUT2D eigenvalue weighted by Gasteiger charge is 2.35. The average molecular weight is 503 g/mol. The number of hydrogen-bond acceptors (Lipinski definition) is 9. The Kier molecular flexibility index (Phi) is 7.50. The molecule has 4 heterocycles. The van der Waals surface area contributed by atoms with Crippen LogP contribution in [0.15, 0.2) is 49.1 Å². The van der Waals surface area contributed by atoms with Crippen LogP contribution in [0.4, 0.5) is 23.1 Å². The number of rotatable bonds is 7. The van der Waals surface area contributed by atoms with Gasteiger partial charge in [0, 0.05) is 62.1 Å². The van der Waals surface area contributed by atoms with Crippen molar-refractivity contribution < 1.29 is 14.7 Å². The molecule has 0 bridgehead atoms. The summed E-state index contributed by atoms with van der Waals surface area (Å²) in [4.78, 5) is 44.8. The molecule has 1 aliphatic carbocycles. The molecule has 1 saturated heterocycles. The molecule has 5 rings (SSSR count). The second kappa shape index (κ2) is 11.3. The van der Waals surface area contributed by atoms with Gasteiger partial charge < -0.3 is 26.0 Å². The quantitative estimate of drug-likeness (QED) is 0.380. The van der Waals surface area contributed by atoms with Gasteiger partial charge in [-0.05, 0) is 31.0 Å². The molecule has 0 spiro atoms. The van der Waals surface area contributed by atoms with Gasteiger partial charge in [0.15, 0.2) is 0 Å². The van der Waals surface area contributed by atoms with E-state index in [4.69, 9.17) is 4.98 Å². The summed E-state index contributed by atoms with van der Waals surface area (Å²) < 4.78 is 0. The maximum atomic E-state index is 13.2. The van der Waals surface area contributed by atoms with Gasteiger partial charge in [0.05, 0.1) is 23.7 Å². The van der Waals surface area contributed by atoms with Crippen molar-refractivity contribution in [2.45, 2.75) is 25.7 Å². The summed E-state index contributed by atoms with van der Waals surface area (Å²) >= 11 is 0. The molecule has 2 unspecified atom stereocenters. The van der Waals surface area contributed by atoms with Crippen LogP contribution in [0.1, 0.15) is 25.7 Å². The number of carboxylic acid groups (broad SMARTS) is 1. The number of piperazine rings is 1. The Hall–Kier alpha value is -4.12. The summed E-state index contributed by atoms with van der Waals surface area (Å²) in [6, 6.07) is 7.39. The van der Waals surface area contributed by atoms with E-state index >= 15 is 0 Å². The van der Waals surface area contributed by atoms with Gasteiger partial charge in [-0.15, -0.1) is 0 Å². The van der Waals surface area contributed by atoms with E-state index in [0.717, 1.165) is 50.4 Å². The van der Waals surface area contributed by atoms with E-state index in [9.17, 15) is 14.7 Å². The fourth-order valence-electron chi connectivity index (χ4n) is 4.93. The van der Waals surface area contributed by atoms with Crippen molar-refractivity contribution in [2.75, 3.05) is 41.7 Å². The zero-order chi connectivity index (χ0) is 25.6. The van der Waals surface area contributed by atoms with Crippen LogP contribution in [0.25, 0.3) is 11.3 Å². The summed E-state index contributed by atoms with van der Waals surface area (Å²) in [5.74, 6) is -0.590. The molecular weight excluding hydrogens is 472 g/mol. The second-order valence-electron chi connectivity index (χ2n) is 9.31. The van der Waals surface area contributed by atoms with Crippen LogP contribution < -0.4 is 20.9 Å². The summed E-state index contributed by atoms with van der Waals surface area (Å²) in [6.07, 6.45) is 9.24. The summed E-state index contributed by atoms with van der Waals surface area (Å²) in [7, 11) is 0. The van der Waals surface area contributed by atoms with Gasteiger partial charge in [0.25, 0.3) is 0 Å². The van der Waals surface area contributed by atoms with Crippen molar-refractivity contribution in [3.05, 3.63) is 49.1 Å². The number of aliphatic carboxylic acids is 1. The molecule has 4 N–H and O–H groups in total. The Morgan fingerprint density at radius 3 is 2.54 bits per heavy atom. The van der Waals surface area contributed by atoms with Crippen molar-refractivity contribution in [2.24, 2.45) is 11.8 Å². The Labute approximate surface area is 214 Å². The molecule has 2 atom stereocenters. The van der Waals surface area contributed by atoms with Gasteiger partial charge in [0.2, 0.25) is 5.91 Å². The first-order valence-corrected chi connectivity index (χ1v) is 12.6. The number of carbonyl (C=O) groups excluding carboxylic acids is 1. The molecule has 11 heteroatoms. The van der Waals surface area contributed by atoms with Gasteiger partial charge in [0.1, 0.15) is 17.5 Å². The number of amides is 1. The first-order valence-electron chi connectivity index (χ1n) is 12.6. The number of carboxylic acids is 1. The third-order valence-corrected chi connectivity index (χ3v) is 6.81. The summed E-state index contributed by atoms with van der Waals surface area (Å²) in [5, 5.41) is 19.1. The fraction of sp³-hybridized carbons (Fsp3) is 0.385. The minimum absolute atomic E-state index is 0.286. The van der Waals surface area contributed by atoms with E-state index in [0.29, 0.717) is 35.9 Å². The number of hydrogen-bond donors (Lipinski definition) is 4. The first kappa shape index (κ1) is 24.6. The number of aromatic nitrogens is 4. The van der Waals surface area contributed by atoms with Crippen molar-refractivity contribution in [3.63, 3.8) is 0 Å². The number of nitrogens with zero attached hydrogens (tertiary/aromatic N) is 5. The minimum Gasteiger partial charge on any atom is -0.481 e.